The molecular weight excluding hydrogens is 470 g/mol. The Bertz CT molecular complexity index is 1450. The molecule has 0 spiro atoms. The van der Waals surface area contributed by atoms with E-state index in [1.165, 1.54) is 4.31 Å². The van der Waals surface area contributed by atoms with Crippen molar-refractivity contribution in [3.63, 3.8) is 0 Å². The SMILES string of the molecule is CCN(CC)S(=O)(=O)c1ccc2c(c1)nc(CCC(=O)Nc1ccc3nc(C)sc3c1)n2CC. The first-order valence-electron chi connectivity index (χ1n) is 11.4. The van der Waals surface area contributed by atoms with E-state index in [0.717, 1.165) is 32.3 Å². The fraction of sp³-hybridized carbons (Fsp3) is 0.375. The molecule has 10 heteroatoms. The molecule has 8 nitrogen and oxygen atoms in total. The van der Waals surface area contributed by atoms with Gasteiger partial charge >= 0.3 is 0 Å². The van der Waals surface area contributed by atoms with Gasteiger partial charge < -0.3 is 9.88 Å². The lowest BCUT2D eigenvalue weighted by Gasteiger charge is -2.18. The quantitative estimate of drug-likeness (QED) is 0.364. The molecule has 0 unspecified atom stereocenters. The number of rotatable bonds is 9. The van der Waals surface area contributed by atoms with Crippen LogP contribution >= 0.6 is 11.3 Å². The van der Waals surface area contributed by atoms with E-state index in [4.69, 9.17) is 0 Å². The number of sulfonamides is 1. The highest BCUT2D eigenvalue weighted by Gasteiger charge is 2.23. The number of fused-ring (bicyclic) bond motifs is 2. The van der Waals surface area contributed by atoms with Crippen molar-refractivity contribution in [1.29, 1.82) is 0 Å². The van der Waals surface area contributed by atoms with E-state index in [-0.39, 0.29) is 17.2 Å². The minimum Gasteiger partial charge on any atom is -0.328 e. The van der Waals surface area contributed by atoms with Crippen LogP contribution in [-0.4, -0.2) is 46.3 Å². The molecule has 0 fully saturated rings. The number of anilines is 1. The average molecular weight is 500 g/mol. The molecule has 0 aliphatic heterocycles. The number of hydrogen-bond donors (Lipinski definition) is 1. The Hall–Kier alpha value is -2.82. The Morgan fingerprint density at radius 3 is 2.53 bits per heavy atom. The first-order chi connectivity index (χ1) is 16.3. The van der Waals surface area contributed by atoms with Crippen molar-refractivity contribution in [2.75, 3.05) is 18.4 Å². The van der Waals surface area contributed by atoms with E-state index in [9.17, 15) is 13.2 Å². The normalized spacial score (nSPS) is 12.1. The van der Waals surface area contributed by atoms with Crippen molar-refractivity contribution in [2.24, 2.45) is 0 Å². The number of aromatic nitrogens is 3. The second-order valence-corrected chi connectivity index (χ2v) is 11.1. The molecule has 0 radical (unpaired) electrons. The van der Waals surface area contributed by atoms with Gasteiger partial charge in [0.05, 0.1) is 31.2 Å². The highest BCUT2D eigenvalue weighted by molar-refractivity contribution is 7.89. The second kappa shape index (κ2) is 9.81. The van der Waals surface area contributed by atoms with Crippen LogP contribution in [0.5, 0.6) is 0 Å². The summed E-state index contributed by atoms with van der Waals surface area (Å²) in [5, 5.41) is 3.95. The minimum atomic E-state index is -3.56. The summed E-state index contributed by atoms with van der Waals surface area (Å²) >= 11 is 1.60. The Kier molecular flexibility index (Phi) is 7.01. The van der Waals surface area contributed by atoms with Crippen molar-refractivity contribution < 1.29 is 13.2 Å². The Labute approximate surface area is 203 Å². The van der Waals surface area contributed by atoms with E-state index in [0.29, 0.717) is 31.6 Å². The van der Waals surface area contributed by atoms with Crippen LogP contribution in [0.15, 0.2) is 41.3 Å². The number of carbonyl (C=O) groups excluding carboxylic acids is 1. The summed E-state index contributed by atoms with van der Waals surface area (Å²) in [5.41, 5.74) is 3.16. The van der Waals surface area contributed by atoms with E-state index in [1.807, 2.05) is 50.5 Å². The molecule has 4 rings (SSSR count). The molecule has 0 saturated heterocycles. The molecule has 180 valence electrons. The Morgan fingerprint density at radius 1 is 1.06 bits per heavy atom. The lowest BCUT2D eigenvalue weighted by molar-refractivity contribution is -0.116. The van der Waals surface area contributed by atoms with Gasteiger partial charge in [-0.05, 0) is 50.2 Å². The number of thiazole rings is 1. The number of imidazole rings is 1. The molecule has 0 bridgehead atoms. The molecule has 1 amide bonds. The third kappa shape index (κ3) is 4.70. The smallest absolute Gasteiger partial charge is 0.243 e. The summed E-state index contributed by atoms with van der Waals surface area (Å²) in [6.07, 6.45) is 0.724. The predicted octanol–water partition coefficient (Wildman–Crippen LogP) is 4.58. The van der Waals surface area contributed by atoms with Crippen molar-refractivity contribution in [3.8, 4) is 0 Å². The summed E-state index contributed by atoms with van der Waals surface area (Å²) < 4.78 is 30.3. The summed E-state index contributed by atoms with van der Waals surface area (Å²) in [5.74, 6) is 0.665. The number of nitrogens with one attached hydrogen (secondary N) is 1. The van der Waals surface area contributed by atoms with Crippen LogP contribution in [-0.2, 0) is 27.8 Å². The standard InChI is InChI=1S/C24H29N5O3S2/c1-5-28(6-2)34(31,32)18-9-11-21-20(15-18)27-23(29(21)7-3)12-13-24(30)26-17-8-10-19-22(14-17)33-16(4)25-19/h8-11,14-15H,5-7,12-13H2,1-4H3,(H,26,30). The molecule has 2 heterocycles. The topological polar surface area (TPSA) is 97.2 Å². The molecule has 0 aliphatic carbocycles. The second-order valence-electron chi connectivity index (χ2n) is 7.98. The lowest BCUT2D eigenvalue weighted by atomic mass is 10.2. The van der Waals surface area contributed by atoms with Gasteiger partial charge in [-0.3, -0.25) is 4.79 Å². The van der Waals surface area contributed by atoms with Crippen LogP contribution in [0, 0.1) is 6.92 Å². The van der Waals surface area contributed by atoms with Crippen LogP contribution in [0.2, 0.25) is 0 Å². The van der Waals surface area contributed by atoms with Crippen molar-refractivity contribution in [3.05, 3.63) is 47.2 Å². The number of amides is 1. The Balaban J connectivity index is 1.52. The van der Waals surface area contributed by atoms with Crippen LogP contribution in [0.25, 0.3) is 21.3 Å². The predicted molar refractivity (Wildman–Crippen MR) is 137 cm³/mol. The van der Waals surface area contributed by atoms with Gasteiger partial charge in [0.2, 0.25) is 15.9 Å². The number of benzene rings is 2. The average Bonchev–Trinajstić information content (AvgIpc) is 3.36. The fourth-order valence-corrected chi connectivity index (χ4v) is 6.49. The van der Waals surface area contributed by atoms with Crippen LogP contribution in [0.1, 0.15) is 38.0 Å². The van der Waals surface area contributed by atoms with E-state index in [2.05, 4.69) is 15.3 Å². The zero-order chi connectivity index (χ0) is 24.5. The zero-order valence-electron chi connectivity index (χ0n) is 19.8. The third-order valence-electron chi connectivity index (χ3n) is 5.81. The van der Waals surface area contributed by atoms with Crippen molar-refractivity contribution in [2.45, 2.75) is 52.0 Å². The van der Waals surface area contributed by atoms with Crippen molar-refractivity contribution in [1.82, 2.24) is 18.8 Å². The third-order valence-corrected chi connectivity index (χ3v) is 8.79. The molecule has 4 aromatic rings. The highest BCUT2D eigenvalue weighted by Crippen LogP contribution is 2.26. The maximum absolute atomic E-state index is 12.9. The maximum Gasteiger partial charge on any atom is 0.243 e. The Morgan fingerprint density at radius 2 is 1.82 bits per heavy atom. The minimum absolute atomic E-state index is 0.0971. The molecule has 0 saturated carbocycles. The van der Waals surface area contributed by atoms with Gasteiger partial charge in [0.15, 0.2) is 0 Å². The molecule has 2 aromatic carbocycles. The molecule has 2 aromatic heterocycles. The molecule has 0 aliphatic rings. The van der Waals surface area contributed by atoms with E-state index < -0.39 is 10.0 Å². The van der Waals surface area contributed by atoms with Gasteiger partial charge in [-0.15, -0.1) is 11.3 Å². The summed E-state index contributed by atoms with van der Waals surface area (Å²) in [4.78, 5) is 22.0. The lowest BCUT2D eigenvalue weighted by Crippen LogP contribution is -2.30. The van der Waals surface area contributed by atoms with E-state index in [1.54, 1.807) is 29.5 Å². The summed E-state index contributed by atoms with van der Waals surface area (Å²) in [6.45, 7) is 9.13. The van der Waals surface area contributed by atoms with Gasteiger partial charge in [0.25, 0.3) is 0 Å². The molecule has 34 heavy (non-hydrogen) atoms. The maximum atomic E-state index is 12.9. The highest BCUT2D eigenvalue weighted by atomic mass is 32.2. The summed E-state index contributed by atoms with van der Waals surface area (Å²) in [6, 6.07) is 10.8. The monoisotopic (exact) mass is 499 g/mol. The molecular formula is C24H29N5O3S2. The van der Waals surface area contributed by atoms with Gasteiger partial charge in [-0.1, -0.05) is 13.8 Å². The van der Waals surface area contributed by atoms with Crippen LogP contribution in [0.4, 0.5) is 5.69 Å². The number of nitrogens with zero attached hydrogens (tertiary/aromatic N) is 4. The van der Waals surface area contributed by atoms with Crippen molar-refractivity contribution >= 4 is 54.2 Å². The number of carbonyl (C=O) groups is 1. The number of hydrogen-bond acceptors (Lipinski definition) is 6. The number of aryl methyl sites for hydroxylation is 3. The van der Waals surface area contributed by atoms with Gasteiger partial charge in [0.1, 0.15) is 5.82 Å². The zero-order valence-corrected chi connectivity index (χ0v) is 21.5. The summed E-state index contributed by atoms with van der Waals surface area (Å²) in [7, 11) is -3.56. The van der Waals surface area contributed by atoms with E-state index >= 15 is 0 Å². The van der Waals surface area contributed by atoms with Crippen LogP contribution in [0.3, 0.4) is 0 Å². The fourth-order valence-electron chi connectivity index (χ4n) is 4.14. The molecule has 1 N–H and O–H groups in total. The first-order valence-corrected chi connectivity index (χ1v) is 13.7. The first kappa shape index (κ1) is 24.3. The largest absolute Gasteiger partial charge is 0.328 e. The van der Waals surface area contributed by atoms with Gasteiger partial charge in [-0.25, -0.2) is 18.4 Å². The molecule has 0 atom stereocenters. The van der Waals surface area contributed by atoms with Crippen LogP contribution < -0.4 is 5.32 Å². The van der Waals surface area contributed by atoms with Gasteiger partial charge in [-0.2, -0.15) is 4.31 Å². The van der Waals surface area contributed by atoms with Gasteiger partial charge in [0, 0.05) is 38.2 Å².